The molecule has 0 bridgehead atoms. The van der Waals surface area contributed by atoms with Crippen LogP contribution in [0, 0.1) is 0 Å². The van der Waals surface area contributed by atoms with E-state index < -0.39 is 36.3 Å². The molecule has 1 fully saturated rings. The number of amides is 4. The molecule has 34 heavy (non-hydrogen) atoms. The molecule has 0 saturated carbocycles. The van der Waals surface area contributed by atoms with Gasteiger partial charge in [0.05, 0.1) is 12.1 Å². The van der Waals surface area contributed by atoms with Crippen LogP contribution in [-0.2, 0) is 14.4 Å². The second-order valence-electron chi connectivity index (χ2n) is 7.44. The Morgan fingerprint density at radius 2 is 1.56 bits per heavy atom. The van der Waals surface area contributed by atoms with Crippen LogP contribution >= 0.6 is 11.6 Å². The molecular formula is C25H20ClN3O5. The second kappa shape index (κ2) is 10.2. The molecule has 0 aliphatic carbocycles. The van der Waals surface area contributed by atoms with Crippen LogP contribution in [0.1, 0.15) is 16.8 Å². The lowest BCUT2D eigenvalue weighted by molar-refractivity contribution is -0.142. The number of hydrogen-bond acceptors (Lipinski definition) is 5. The number of anilines is 1. The second-order valence-corrected chi connectivity index (χ2v) is 7.87. The molecule has 4 rings (SSSR count). The summed E-state index contributed by atoms with van der Waals surface area (Å²) in [7, 11) is 0. The van der Waals surface area contributed by atoms with Gasteiger partial charge in [-0.15, -0.1) is 0 Å². The van der Waals surface area contributed by atoms with Gasteiger partial charge in [-0.05, 0) is 48.5 Å². The fraction of sp³-hybridized carbons (Fsp3) is 0.120. The molecule has 3 aromatic carbocycles. The number of hydrazine groups is 1. The summed E-state index contributed by atoms with van der Waals surface area (Å²) in [6.45, 7) is -0.472. The molecule has 1 unspecified atom stereocenters. The molecule has 9 heteroatoms. The normalized spacial score (nSPS) is 15.2. The average Bonchev–Trinajstić information content (AvgIpc) is 3.16. The largest absolute Gasteiger partial charge is 0.484 e. The average molecular weight is 478 g/mol. The third kappa shape index (κ3) is 5.07. The number of rotatable bonds is 6. The number of nitrogens with zero attached hydrogens (tertiary/aromatic N) is 2. The van der Waals surface area contributed by atoms with Crippen molar-refractivity contribution in [2.24, 2.45) is 0 Å². The number of carbonyl (C=O) groups is 4. The van der Waals surface area contributed by atoms with Crippen molar-refractivity contribution in [2.45, 2.75) is 12.5 Å². The zero-order chi connectivity index (χ0) is 24.1. The van der Waals surface area contributed by atoms with Crippen molar-refractivity contribution in [2.75, 3.05) is 11.5 Å². The van der Waals surface area contributed by atoms with Crippen molar-refractivity contribution in [3.63, 3.8) is 0 Å². The molecule has 1 heterocycles. The Morgan fingerprint density at radius 1 is 0.941 bits per heavy atom. The van der Waals surface area contributed by atoms with Crippen molar-refractivity contribution >= 4 is 40.9 Å². The van der Waals surface area contributed by atoms with Gasteiger partial charge in [-0.3, -0.25) is 24.6 Å². The molecule has 0 radical (unpaired) electrons. The Morgan fingerprint density at radius 3 is 2.21 bits per heavy atom. The van der Waals surface area contributed by atoms with Crippen LogP contribution in [0.5, 0.6) is 5.75 Å². The molecule has 1 saturated heterocycles. The van der Waals surface area contributed by atoms with Crippen LogP contribution in [0.15, 0.2) is 84.9 Å². The first-order valence-corrected chi connectivity index (χ1v) is 10.8. The summed E-state index contributed by atoms with van der Waals surface area (Å²) in [5.41, 5.74) is 3.16. The topological polar surface area (TPSA) is 96.0 Å². The summed E-state index contributed by atoms with van der Waals surface area (Å²) >= 11 is 5.87. The van der Waals surface area contributed by atoms with Gasteiger partial charge in [0.1, 0.15) is 11.8 Å². The van der Waals surface area contributed by atoms with Crippen LogP contribution in [-0.4, -0.2) is 41.3 Å². The van der Waals surface area contributed by atoms with Gasteiger partial charge >= 0.3 is 0 Å². The van der Waals surface area contributed by atoms with Crippen LogP contribution in [0.2, 0.25) is 5.02 Å². The van der Waals surface area contributed by atoms with Crippen molar-refractivity contribution in [3.8, 4) is 5.75 Å². The van der Waals surface area contributed by atoms with Crippen LogP contribution < -0.4 is 15.1 Å². The zero-order valence-electron chi connectivity index (χ0n) is 17.9. The number of halogens is 1. The number of para-hydroxylation sites is 1. The molecule has 3 aromatic rings. The van der Waals surface area contributed by atoms with E-state index in [9.17, 15) is 19.2 Å². The fourth-order valence-corrected chi connectivity index (χ4v) is 3.61. The fourth-order valence-electron chi connectivity index (χ4n) is 3.49. The molecule has 1 aliphatic heterocycles. The maximum absolute atomic E-state index is 13.2. The number of ether oxygens (including phenoxy) is 1. The number of nitrogens with one attached hydrogen (secondary N) is 1. The lowest BCUT2D eigenvalue weighted by Crippen LogP contribution is -2.56. The van der Waals surface area contributed by atoms with Gasteiger partial charge in [-0.2, -0.15) is 0 Å². The third-order valence-corrected chi connectivity index (χ3v) is 5.40. The smallest absolute Gasteiger partial charge is 0.279 e. The molecule has 0 aromatic heterocycles. The number of hydrogen-bond donors (Lipinski definition) is 1. The summed E-state index contributed by atoms with van der Waals surface area (Å²) in [5, 5.41) is 1.39. The molecule has 8 nitrogen and oxygen atoms in total. The minimum atomic E-state index is -1.22. The summed E-state index contributed by atoms with van der Waals surface area (Å²) in [6.07, 6.45) is -0.282. The number of benzene rings is 3. The van der Waals surface area contributed by atoms with Gasteiger partial charge in [-0.25, -0.2) is 9.91 Å². The lowest BCUT2D eigenvalue weighted by Gasteiger charge is -2.28. The Kier molecular flexibility index (Phi) is 6.89. The SMILES string of the molecule is O=C(NN(C(=O)COc1ccc(Cl)cc1)C1CC(=O)N(c2ccccc2)C1=O)c1ccccc1. The van der Waals surface area contributed by atoms with E-state index in [2.05, 4.69) is 5.43 Å². The highest BCUT2D eigenvalue weighted by molar-refractivity contribution is 6.30. The van der Waals surface area contributed by atoms with E-state index in [0.717, 1.165) is 9.91 Å². The monoisotopic (exact) mass is 477 g/mol. The van der Waals surface area contributed by atoms with E-state index in [1.165, 1.54) is 0 Å². The van der Waals surface area contributed by atoms with Crippen molar-refractivity contribution < 1.29 is 23.9 Å². The first kappa shape index (κ1) is 23.0. The summed E-state index contributed by atoms with van der Waals surface area (Å²) in [6, 6.07) is 21.8. The summed E-state index contributed by atoms with van der Waals surface area (Å²) in [4.78, 5) is 52.8. The van der Waals surface area contributed by atoms with Crippen molar-refractivity contribution in [1.29, 1.82) is 0 Å². The van der Waals surface area contributed by atoms with Gasteiger partial charge in [0.25, 0.3) is 17.7 Å². The highest BCUT2D eigenvalue weighted by atomic mass is 35.5. The number of carbonyl (C=O) groups excluding carboxylic acids is 4. The van der Waals surface area contributed by atoms with Crippen LogP contribution in [0.25, 0.3) is 0 Å². The molecule has 1 N–H and O–H groups in total. The third-order valence-electron chi connectivity index (χ3n) is 5.15. The van der Waals surface area contributed by atoms with Crippen molar-refractivity contribution in [3.05, 3.63) is 95.5 Å². The first-order valence-electron chi connectivity index (χ1n) is 10.4. The van der Waals surface area contributed by atoms with Gasteiger partial charge in [0, 0.05) is 10.6 Å². The minimum absolute atomic E-state index is 0.282. The Hall–Kier alpha value is -4.17. The minimum Gasteiger partial charge on any atom is -0.484 e. The quantitative estimate of drug-likeness (QED) is 0.434. The van der Waals surface area contributed by atoms with E-state index >= 15 is 0 Å². The predicted octanol–water partition coefficient (Wildman–Crippen LogP) is 3.22. The van der Waals surface area contributed by atoms with E-state index in [0.29, 0.717) is 16.5 Å². The van der Waals surface area contributed by atoms with E-state index in [-0.39, 0.29) is 12.0 Å². The Bertz CT molecular complexity index is 1200. The van der Waals surface area contributed by atoms with E-state index in [4.69, 9.17) is 16.3 Å². The van der Waals surface area contributed by atoms with Crippen molar-refractivity contribution in [1.82, 2.24) is 10.4 Å². The maximum atomic E-state index is 13.2. The molecule has 1 aliphatic rings. The van der Waals surface area contributed by atoms with E-state index in [1.54, 1.807) is 84.9 Å². The number of imide groups is 1. The molecular weight excluding hydrogens is 458 g/mol. The van der Waals surface area contributed by atoms with Gasteiger partial charge in [-0.1, -0.05) is 48.0 Å². The zero-order valence-corrected chi connectivity index (χ0v) is 18.6. The molecule has 4 amide bonds. The lowest BCUT2D eigenvalue weighted by atomic mass is 10.2. The standard InChI is InChI=1S/C25H20ClN3O5/c26-18-11-13-20(14-12-18)34-16-23(31)29(27-24(32)17-7-3-1-4-8-17)21-15-22(30)28(25(21)33)19-9-5-2-6-10-19/h1-14,21H,15-16H2,(H,27,32). The van der Waals surface area contributed by atoms with Gasteiger partial charge in [0.15, 0.2) is 6.61 Å². The molecule has 172 valence electrons. The Labute approximate surface area is 200 Å². The highest BCUT2D eigenvalue weighted by Gasteiger charge is 2.45. The Balaban J connectivity index is 1.57. The summed E-state index contributed by atoms with van der Waals surface area (Å²) < 4.78 is 5.51. The first-order chi connectivity index (χ1) is 16.4. The van der Waals surface area contributed by atoms with E-state index in [1.807, 2.05) is 0 Å². The molecule has 0 spiro atoms. The van der Waals surface area contributed by atoms with Crippen LogP contribution in [0.3, 0.4) is 0 Å². The van der Waals surface area contributed by atoms with Crippen LogP contribution in [0.4, 0.5) is 5.69 Å². The molecule has 1 atom stereocenters. The maximum Gasteiger partial charge on any atom is 0.279 e. The highest BCUT2D eigenvalue weighted by Crippen LogP contribution is 2.25. The van der Waals surface area contributed by atoms with Gasteiger partial charge in [0.2, 0.25) is 5.91 Å². The van der Waals surface area contributed by atoms with Gasteiger partial charge < -0.3 is 4.74 Å². The predicted molar refractivity (Wildman–Crippen MR) is 125 cm³/mol. The summed E-state index contributed by atoms with van der Waals surface area (Å²) in [5.74, 6) is -2.01.